The van der Waals surface area contributed by atoms with Gasteiger partial charge in [0, 0.05) is 11.1 Å². The van der Waals surface area contributed by atoms with E-state index in [1.54, 1.807) is 13.8 Å². The Morgan fingerprint density at radius 2 is 0.294 bits per heavy atom. The smallest absolute Gasteiger partial charge is 0.333 e. The van der Waals surface area contributed by atoms with Gasteiger partial charge in [0.2, 0.25) is 0 Å². The molecule has 0 heterocycles. The summed E-state index contributed by atoms with van der Waals surface area (Å²) in [6.45, 7) is 27.2. The largest absolute Gasteiger partial charge is 0.460 e. The molecule has 22 nitrogen and oxygen atoms in total. The van der Waals surface area contributed by atoms with Crippen LogP contribution >= 0.6 is 0 Å². The van der Waals surface area contributed by atoms with Gasteiger partial charge in [0.1, 0.15) is 13.2 Å². The second-order valence-electron chi connectivity index (χ2n) is 13.9. The average Bonchev–Trinajstić information content (AvgIpc) is 3.33. The van der Waals surface area contributed by atoms with Crippen molar-refractivity contribution in [2.45, 2.75) is 13.8 Å². The first-order valence-electron chi connectivity index (χ1n) is 23.5. The van der Waals surface area contributed by atoms with E-state index in [0.717, 1.165) is 0 Å². The molecular formula is C46H86O22. The van der Waals surface area contributed by atoms with Gasteiger partial charge in [-0.2, -0.15) is 0 Å². The van der Waals surface area contributed by atoms with Gasteiger partial charge in [-0.15, -0.1) is 0 Å². The summed E-state index contributed by atoms with van der Waals surface area (Å²) >= 11 is 0. The van der Waals surface area contributed by atoms with E-state index >= 15 is 0 Å². The lowest BCUT2D eigenvalue weighted by Gasteiger charge is -2.09. The van der Waals surface area contributed by atoms with Gasteiger partial charge in [-0.1, -0.05) is 13.2 Å². The Morgan fingerprint density at radius 1 is 0.206 bits per heavy atom. The molecule has 0 aromatic rings. The van der Waals surface area contributed by atoms with E-state index in [0.29, 0.717) is 249 Å². The number of hydrogen-bond donors (Lipinski definition) is 0. The van der Waals surface area contributed by atoms with Crippen LogP contribution in [0.4, 0.5) is 0 Å². The van der Waals surface area contributed by atoms with Crippen molar-refractivity contribution in [3.63, 3.8) is 0 Å². The minimum Gasteiger partial charge on any atom is -0.460 e. The Balaban J connectivity index is 3.10. The van der Waals surface area contributed by atoms with Crippen molar-refractivity contribution >= 4 is 11.9 Å². The predicted molar refractivity (Wildman–Crippen MR) is 246 cm³/mol. The summed E-state index contributed by atoms with van der Waals surface area (Å²) in [5.41, 5.74) is 0.728. The molecule has 68 heavy (non-hydrogen) atoms. The molecule has 0 atom stereocenters. The number of ether oxygens (including phenoxy) is 20. The van der Waals surface area contributed by atoms with E-state index in [4.69, 9.17) is 94.7 Å². The molecule has 0 aliphatic heterocycles. The van der Waals surface area contributed by atoms with Crippen LogP contribution in [0.2, 0.25) is 0 Å². The van der Waals surface area contributed by atoms with Crippen LogP contribution in [0, 0.1) is 0 Å². The van der Waals surface area contributed by atoms with Crippen LogP contribution in [-0.2, 0) is 104 Å². The highest BCUT2D eigenvalue weighted by Gasteiger charge is 2.04. The maximum atomic E-state index is 11.2. The lowest BCUT2D eigenvalue weighted by Crippen LogP contribution is -2.16. The quantitative estimate of drug-likeness (QED) is 0.0479. The number of rotatable bonds is 59. The number of carbonyl (C=O) groups excluding carboxylic acids is 2. The summed E-state index contributed by atoms with van der Waals surface area (Å²) in [7, 11) is 0. The summed E-state index contributed by atoms with van der Waals surface area (Å²) in [6.07, 6.45) is 0. The lowest BCUT2D eigenvalue weighted by atomic mass is 10.4. The zero-order valence-corrected chi connectivity index (χ0v) is 41.3. The van der Waals surface area contributed by atoms with Gasteiger partial charge in [0.15, 0.2) is 0 Å². The van der Waals surface area contributed by atoms with Crippen molar-refractivity contribution in [3.8, 4) is 0 Å². The van der Waals surface area contributed by atoms with Crippen LogP contribution in [0.1, 0.15) is 13.8 Å². The fraction of sp³-hybridized carbons (Fsp3) is 0.870. The molecule has 0 aromatic carbocycles. The zero-order valence-electron chi connectivity index (χ0n) is 41.3. The van der Waals surface area contributed by atoms with Gasteiger partial charge in [0.25, 0.3) is 0 Å². The summed E-state index contributed by atoms with van der Waals surface area (Å²) in [6, 6.07) is 0. The first-order valence-corrected chi connectivity index (χ1v) is 23.5. The van der Waals surface area contributed by atoms with Crippen LogP contribution in [0.15, 0.2) is 24.3 Å². The highest BCUT2D eigenvalue weighted by molar-refractivity contribution is 5.87. The van der Waals surface area contributed by atoms with Gasteiger partial charge in [0.05, 0.1) is 238 Å². The number of esters is 2. The molecule has 0 amide bonds. The molecule has 0 fully saturated rings. The molecule has 0 aromatic heterocycles. The predicted octanol–water partition coefficient (Wildman–Crippen LogP) is 1.52. The Morgan fingerprint density at radius 3 is 0.382 bits per heavy atom. The van der Waals surface area contributed by atoms with Crippen molar-refractivity contribution in [3.05, 3.63) is 24.3 Å². The maximum Gasteiger partial charge on any atom is 0.333 e. The van der Waals surface area contributed by atoms with Gasteiger partial charge < -0.3 is 94.7 Å². The second kappa shape index (κ2) is 57.3. The third-order valence-electron chi connectivity index (χ3n) is 7.94. The average molecular weight is 991 g/mol. The highest BCUT2D eigenvalue weighted by atomic mass is 16.6. The topological polar surface area (TPSA) is 219 Å². The van der Waals surface area contributed by atoms with E-state index < -0.39 is 11.9 Å². The van der Waals surface area contributed by atoms with E-state index in [2.05, 4.69) is 13.2 Å². The summed E-state index contributed by atoms with van der Waals surface area (Å²) < 4.78 is 108. The Kier molecular flexibility index (Phi) is 55.3. The van der Waals surface area contributed by atoms with Crippen molar-refractivity contribution in [2.75, 3.05) is 251 Å². The van der Waals surface area contributed by atoms with Crippen LogP contribution in [0.3, 0.4) is 0 Å². The standard InChI is InChI=1S/C46H86O22/c1-43(2)45(47)67-41-39-65-37-35-63-33-31-61-29-27-59-25-23-57-21-19-55-17-15-53-13-11-51-9-7-49-5-6-50-8-10-52-12-14-54-16-18-56-20-22-58-24-26-60-28-30-62-32-34-64-36-38-66-40-42-68-46(48)44(3)4/h1,3,5-42H2,2,4H3. The fourth-order valence-corrected chi connectivity index (χ4v) is 4.47. The molecule has 0 spiro atoms. The molecule has 22 heteroatoms. The van der Waals surface area contributed by atoms with Gasteiger partial charge in [-0.05, 0) is 13.8 Å². The van der Waals surface area contributed by atoms with Gasteiger partial charge in [-0.25, -0.2) is 9.59 Å². The van der Waals surface area contributed by atoms with E-state index in [1.807, 2.05) is 0 Å². The molecule has 0 radical (unpaired) electrons. The molecule has 0 saturated heterocycles. The minimum atomic E-state index is -0.419. The van der Waals surface area contributed by atoms with Crippen molar-refractivity contribution in [2.24, 2.45) is 0 Å². The monoisotopic (exact) mass is 991 g/mol. The van der Waals surface area contributed by atoms with Crippen LogP contribution in [-0.4, -0.2) is 263 Å². The molecule has 0 N–H and O–H groups in total. The SMILES string of the molecule is C=C(C)C(=O)OCCOCCOCCOCCOCCOCCOCCOCCOCCOCCOCCOCCOCCOCCOCCOCCOCCOCCOCCOC(=O)C(=C)C. The lowest BCUT2D eigenvalue weighted by molar-refractivity contribution is -0.141. The molecule has 0 bridgehead atoms. The fourth-order valence-electron chi connectivity index (χ4n) is 4.47. The van der Waals surface area contributed by atoms with E-state index in [-0.39, 0.29) is 13.2 Å². The molecule has 402 valence electrons. The summed E-state index contributed by atoms with van der Waals surface area (Å²) in [4.78, 5) is 22.4. The molecule has 0 saturated carbocycles. The Hall–Kier alpha value is -2.30. The zero-order chi connectivity index (χ0) is 49.3. The number of hydrogen-bond acceptors (Lipinski definition) is 22. The van der Waals surface area contributed by atoms with Crippen LogP contribution in [0.25, 0.3) is 0 Å². The van der Waals surface area contributed by atoms with Crippen molar-refractivity contribution < 1.29 is 104 Å². The molecular weight excluding hydrogens is 904 g/mol. The first kappa shape index (κ1) is 65.7. The summed E-state index contributed by atoms with van der Waals surface area (Å²) in [5.74, 6) is -0.838. The normalized spacial score (nSPS) is 11.4. The van der Waals surface area contributed by atoms with E-state index in [1.165, 1.54) is 0 Å². The number of carbonyl (C=O) groups is 2. The Bertz CT molecular complexity index is 1010. The van der Waals surface area contributed by atoms with E-state index in [9.17, 15) is 9.59 Å². The molecule has 0 rings (SSSR count). The Labute approximate surface area is 404 Å². The molecule has 0 aliphatic rings. The second-order valence-corrected chi connectivity index (χ2v) is 13.9. The third-order valence-corrected chi connectivity index (χ3v) is 7.94. The minimum absolute atomic E-state index is 0.191. The van der Waals surface area contributed by atoms with Gasteiger partial charge >= 0.3 is 11.9 Å². The molecule has 0 aliphatic carbocycles. The maximum absolute atomic E-state index is 11.2. The van der Waals surface area contributed by atoms with Crippen LogP contribution < -0.4 is 0 Å². The van der Waals surface area contributed by atoms with Crippen molar-refractivity contribution in [1.82, 2.24) is 0 Å². The van der Waals surface area contributed by atoms with Gasteiger partial charge in [-0.3, -0.25) is 0 Å². The highest BCUT2D eigenvalue weighted by Crippen LogP contribution is 1.94. The first-order chi connectivity index (χ1) is 33.4. The third kappa shape index (κ3) is 56.3. The molecule has 0 unspecified atom stereocenters. The van der Waals surface area contributed by atoms with Crippen LogP contribution in [0.5, 0.6) is 0 Å². The van der Waals surface area contributed by atoms with Crippen molar-refractivity contribution in [1.29, 1.82) is 0 Å². The summed E-state index contributed by atoms with van der Waals surface area (Å²) in [5, 5.41) is 0.